The van der Waals surface area contributed by atoms with Crippen LogP contribution in [0.5, 0.6) is 0 Å². The standard InChI is InChI=1S/2C24H40O4.Ba/c2*1-14(4-9-22(27)28)18-7-8-19-17-6-5-15-12-16(25)10-11-23(15,2)20(17)13-21(26)24(18,19)3;/h2*14-21,25-26H,4-13H2,1-3H3,(H,27,28);/q;;+2/p-2/t2*14?,15-,16-,17+,18-,19+,20+,21+,23+,24-;/m11./s1. The van der Waals surface area contributed by atoms with Crippen LogP contribution in [0.1, 0.15) is 170 Å². The predicted molar refractivity (Wildman–Crippen MR) is 218 cm³/mol. The average Bonchev–Trinajstić information content (AvgIpc) is 3.70. The van der Waals surface area contributed by atoms with Crippen molar-refractivity contribution in [2.45, 2.75) is 194 Å². The van der Waals surface area contributed by atoms with Crippen molar-refractivity contribution in [1.82, 2.24) is 0 Å². The number of carboxylic acids is 2. The summed E-state index contributed by atoms with van der Waals surface area (Å²) < 4.78 is 0. The van der Waals surface area contributed by atoms with E-state index in [1.165, 1.54) is 38.5 Å². The molecule has 0 amide bonds. The Kier molecular flexibility index (Phi) is 14.7. The number of aliphatic hydroxyl groups excluding tert-OH is 4. The van der Waals surface area contributed by atoms with E-state index in [1.54, 1.807) is 0 Å². The normalized spacial score (nSPS) is 50.8. The van der Waals surface area contributed by atoms with Gasteiger partial charge in [-0.1, -0.05) is 41.5 Å². The average molecular weight is 920 g/mol. The maximum absolute atomic E-state index is 11.5. The number of aliphatic carboxylic acids is 2. The summed E-state index contributed by atoms with van der Waals surface area (Å²) in [6.45, 7) is 13.9. The molecule has 57 heavy (non-hydrogen) atoms. The van der Waals surface area contributed by atoms with Crippen LogP contribution in [-0.2, 0) is 9.59 Å². The SMILES string of the molecule is CC(CCC(=O)[O-])[C@H]1CC[C@H]2[C@@H]3CC[C@@H]4C[C@H](O)CC[C@]4(C)[C@H]3C[C@H](O)[C@]12C.CC(CCC(=O)[O-])[C@H]1CC[C@H]2[C@@H]3CC[C@@H]4C[C@H](O)CC[C@]4(C)[C@H]3C[C@H](O)[C@]12C.[Ba+2]. The van der Waals surface area contributed by atoms with Gasteiger partial charge in [0.1, 0.15) is 0 Å². The van der Waals surface area contributed by atoms with E-state index >= 15 is 0 Å². The van der Waals surface area contributed by atoms with Crippen molar-refractivity contribution >= 4 is 60.8 Å². The monoisotopic (exact) mass is 920 g/mol. The van der Waals surface area contributed by atoms with Gasteiger partial charge in [-0.05, 0) is 221 Å². The molecule has 0 aliphatic heterocycles. The fraction of sp³-hybridized carbons (Fsp3) is 0.958. The Morgan fingerprint density at radius 1 is 0.544 bits per heavy atom. The molecule has 8 fully saturated rings. The zero-order valence-corrected chi connectivity index (χ0v) is 40.9. The van der Waals surface area contributed by atoms with Crippen molar-refractivity contribution in [2.24, 2.45) is 92.7 Å². The van der Waals surface area contributed by atoms with E-state index in [0.717, 1.165) is 64.2 Å². The quantitative estimate of drug-likeness (QED) is 0.219. The molecule has 0 aromatic rings. The van der Waals surface area contributed by atoms with E-state index in [-0.39, 0.29) is 108 Å². The minimum absolute atomic E-state index is 0. The Labute approximate surface area is 385 Å². The predicted octanol–water partition coefficient (Wildman–Crippen LogP) is 5.91. The van der Waals surface area contributed by atoms with Crippen LogP contribution in [0.25, 0.3) is 0 Å². The molecule has 4 N–H and O–H groups in total. The van der Waals surface area contributed by atoms with Gasteiger partial charge in [-0.3, -0.25) is 0 Å². The zero-order valence-electron chi connectivity index (χ0n) is 36.5. The van der Waals surface area contributed by atoms with Gasteiger partial charge in [-0.25, -0.2) is 0 Å². The van der Waals surface area contributed by atoms with Crippen molar-refractivity contribution < 1.29 is 40.2 Å². The summed E-state index contributed by atoms with van der Waals surface area (Å²) in [5.74, 6) is 4.37. The van der Waals surface area contributed by atoms with Gasteiger partial charge < -0.3 is 40.2 Å². The number of hydrogen-bond donors (Lipinski definition) is 4. The summed E-state index contributed by atoms with van der Waals surface area (Å²) in [4.78, 5) is 21.9. The van der Waals surface area contributed by atoms with Crippen molar-refractivity contribution in [1.29, 1.82) is 0 Å². The third-order valence-electron chi connectivity index (χ3n) is 20.6. The number of carboxylic acid groups (broad SMARTS) is 2. The van der Waals surface area contributed by atoms with E-state index in [2.05, 4.69) is 41.5 Å². The number of carbonyl (C=O) groups excluding carboxylic acids is 2. The Bertz CT molecular complexity index is 1320. The first-order chi connectivity index (χ1) is 26.3. The van der Waals surface area contributed by atoms with E-state index < -0.39 is 11.9 Å². The molecule has 2 unspecified atom stereocenters. The molecule has 0 aromatic heterocycles. The molecular formula is C48H78BaO8. The molecule has 8 aliphatic carbocycles. The molecule has 0 bridgehead atoms. The molecular weight excluding hydrogens is 842 g/mol. The second kappa shape index (κ2) is 17.8. The minimum atomic E-state index is -0.957. The maximum Gasteiger partial charge on any atom is 2.00 e. The first-order valence-corrected chi connectivity index (χ1v) is 23.5. The van der Waals surface area contributed by atoms with E-state index in [1.807, 2.05) is 0 Å². The number of rotatable bonds is 8. The number of carbonyl (C=O) groups is 2. The third-order valence-corrected chi connectivity index (χ3v) is 20.6. The zero-order chi connectivity index (χ0) is 40.5. The molecule has 8 aliphatic rings. The van der Waals surface area contributed by atoms with Crippen LogP contribution in [0.4, 0.5) is 0 Å². The van der Waals surface area contributed by atoms with E-state index in [0.29, 0.717) is 83.9 Å². The third kappa shape index (κ3) is 8.21. The molecule has 8 nitrogen and oxygen atoms in total. The second-order valence-electron chi connectivity index (χ2n) is 22.5. The van der Waals surface area contributed by atoms with Gasteiger partial charge in [0.15, 0.2) is 0 Å². The summed E-state index contributed by atoms with van der Waals surface area (Å²) >= 11 is 0. The van der Waals surface area contributed by atoms with Crippen molar-refractivity contribution in [3.05, 3.63) is 0 Å². The van der Waals surface area contributed by atoms with E-state index in [4.69, 9.17) is 0 Å². The van der Waals surface area contributed by atoms with Crippen molar-refractivity contribution in [3.8, 4) is 0 Å². The molecule has 0 saturated heterocycles. The summed E-state index contributed by atoms with van der Waals surface area (Å²) in [5.41, 5.74) is 0.375. The fourth-order valence-electron chi connectivity index (χ4n) is 17.4. The van der Waals surface area contributed by atoms with Crippen LogP contribution in [0.3, 0.4) is 0 Å². The molecule has 8 rings (SSSR count). The molecule has 0 spiro atoms. The molecule has 0 aromatic carbocycles. The maximum atomic E-state index is 11.5. The summed E-state index contributed by atoms with van der Waals surface area (Å²) in [6, 6.07) is 0. The number of fused-ring (bicyclic) bond motifs is 10. The topological polar surface area (TPSA) is 161 Å². The van der Waals surface area contributed by atoms with Crippen LogP contribution in [0.15, 0.2) is 0 Å². The second-order valence-corrected chi connectivity index (χ2v) is 22.5. The Morgan fingerprint density at radius 2 is 0.912 bits per heavy atom. The van der Waals surface area contributed by atoms with Crippen LogP contribution in [0.2, 0.25) is 0 Å². The summed E-state index contributed by atoms with van der Waals surface area (Å²) in [7, 11) is 0. The van der Waals surface area contributed by atoms with Gasteiger partial charge in [0.25, 0.3) is 0 Å². The van der Waals surface area contributed by atoms with Gasteiger partial charge in [0.05, 0.1) is 24.4 Å². The van der Waals surface area contributed by atoms with Crippen LogP contribution < -0.4 is 10.2 Å². The molecule has 0 radical (unpaired) electrons. The molecule has 320 valence electrons. The van der Waals surface area contributed by atoms with Crippen molar-refractivity contribution in [3.63, 3.8) is 0 Å². The van der Waals surface area contributed by atoms with E-state index in [9.17, 15) is 40.2 Å². The van der Waals surface area contributed by atoms with Gasteiger partial charge in [0, 0.05) is 11.9 Å². The van der Waals surface area contributed by atoms with Crippen LogP contribution >= 0.6 is 0 Å². The van der Waals surface area contributed by atoms with Crippen molar-refractivity contribution in [2.75, 3.05) is 0 Å². The molecule has 20 atom stereocenters. The smallest absolute Gasteiger partial charge is 0.550 e. The summed E-state index contributed by atoms with van der Waals surface area (Å²) in [5, 5.41) is 65.2. The Balaban J connectivity index is 0.000000189. The Morgan fingerprint density at radius 3 is 1.26 bits per heavy atom. The van der Waals surface area contributed by atoms with Gasteiger partial charge in [0.2, 0.25) is 0 Å². The van der Waals surface area contributed by atoms with Crippen LogP contribution in [0, 0.1) is 92.7 Å². The van der Waals surface area contributed by atoms with Gasteiger partial charge in [-0.2, -0.15) is 0 Å². The Hall–Kier alpha value is 0.351. The van der Waals surface area contributed by atoms with Gasteiger partial charge >= 0.3 is 48.9 Å². The number of aliphatic hydroxyl groups is 4. The molecule has 9 heteroatoms. The molecule has 0 heterocycles. The summed E-state index contributed by atoms with van der Waals surface area (Å²) in [6.07, 6.45) is 18.0. The minimum Gasteiger partial charge on any atom is -0.550 e. The first-order valence-electron chi connectivity index (χ1n) is 23.5. The molecule has 8 saturated carbocycles. The largest absolute Gasteiger partial charge is 2.00 e. The van der Waals surface area contributed by atoms with Gasteiger partial charge in [-0.15, -0.1) is 0 Å². The number of hydrogen-bond acceptors (Lipinski definition) is 8. The first kappa shape index (κ1) is 46.8. The van der Waals surface area contributed by atoms with Crippen LogP contribution in [-0.4, -0.2) is 106 Å². The fourth-order valence-corrected chi connectivity index (χ4v) is 17.4.